The molecule has 7 aromatic rings. The first-order valence-electron chi connectivity index (χ1n) is 15.2. The predicted molar refractivity (Wildman–Crippen MR) is 186 cm³/mol. The Kier molecular flexibility index (Phi) is 6.45. The van der Waals surface area contributed by atoms with Gasteiger partial charge in [-0.15, -0.1) is 0 Å². The minimum absolute atomic E-state index is 0.593. The summed E-state index contributed by atoms with van der Waals surface area (Å²) < 4.78 is 17.0. The largest absolute Gasteiger partial charge is 0.497 e. The molecule has 5 heteroatoms. The fourth-order valence-electron chi connectivity index (χ4n) is 6.47. The van der Waals surface area contributed by atoms with Crippen LogP contribution in [-0.2, 0) is 0 Å². The van der Waals surface area contributed by atoms with Crippen LogP contribution in [0.4, 0.5) is 34.1 Å². The first-order valence-corrected chi connectivity index (χ1v) is 15.2. The molecule has 8 rings (SSSR count). The molecule has 0 saturated heterocycles. The molecule has 0 bridgehead atoms. The lowest BCUT2D eigenvalue weighted by molar-refractivity contribution is 0.340. The summed E-state index contributed by atoms with van der Waals surface area (Å²) in [5.41, 5.74) is 6.48. The van der Waals surface area contributed by atoms with E-state index in [2.05, 4.69) is 125 Å². The van der Waals surface area contributed by atoms with Crippen molar-refractivity contribution in [1.82, 2.24) is 0 Å². The van der Waals surface area contributed by atoms with E-state index in [9.17, 15) is 0 Å². The molecule has 0 aliphatic carbocycles. The number of rotatable bonds is 6. The summed E-state index contributed by atoms with van der Waals surface area (Å²) in [6.07, 6.45) is 0. The molecule has 1 heterocycles. The number of fused-ring (bicyclic) bond motifs is 5. The lowest BCUT2D eigenvalue weighted by atomic mass is 9.99. The minimum Gasteiger partial charge on any atom is -0.497 e. The molecule has 0 spiro atoms. The molecule has 0 radical (unpaired) electrons. The van der Waals surface area contributed by atoms with Crippen molar-refractivity contribution in [3.05, 3.63) is 127 Å². The molecule has 45 heavy (non-hydrogen) atoms. The monoisotopic (exact) mass is 588 g/mol. The van der Waals surface area contributed by atoms with Gasteiger partial charge in [0.1, 0.15) is 17.2 Å². The Balaban J connectivity index is 1.40. The number of ether oxygens (including phenoxy) is 3. The second kappa shape index (κ2) is 10.8. The third-order valence-electron chi connectivity index (χ3n) is 8.64. The van der Waals surface area contributed by atoms with Crippen molar-refractivity contribution in [3.63, 3.8) is 0 Å². The molecule has 220 valence electrons. The van der Waals surface area contributed by atoms with Crippen molar-refractivity contribution in [3.8, 4) is 17.2 Å². The first kappa shape index (κ1) is 26.9. The molecule has 0 unspecified atom stereocenters. The van der Waals surface area contributed by atoms with E-state index < -0.39 is 0 Å². The molecule has 1 aliphatic rings. The van der Waals surface area contributed by atoms with E-state index in [1.54, 1.807) is 14.2 Å². The van der Waals surface area contributed by atoms with Crippen molar-refractivity contribution in [2.45, 2.75) is 6.92 Å². The van der Waals surface area contributed by atoms with Crippen LogP contribution in [0.25, 0.3) is 32.3 Å². The SMILES string of the molecule is CCOc1ccc2c(c1)N(c1ccc3cc(OC)ccc3c1)c1cc3ccccc3cc1N2c1ccc2cc(OC)ccc2c1. The lowest BCUT2D eigenvalue weighted by Gasteiger charge is -2.41. The molecule has 0 aromatic heterocycles. The zero-order chi connectivity index (χ0) is 30.5. The normalized spacial score (nSPS) is 12.3. The quantitative estimate of drug-likeness (QED) is 0.193. The molecular weight excluding hydrogens is 556 g/mol. The molecular formula is C40H32N2O3. The smallest absolute Gasteiger partial charge is 0.121 e. The fourth-order valence-corrected chi connectivity index (χ4v) is 6.47. The van der Waals surface area contributed by atoms with Gasteiger partial charge in [0.2, 0.25) is 0 Å². The number of hydrogen-bond donors (Lipinski definition) is 0. The standard InChI is InChI=1S/C40H32N2O3/c1-4-45-36-17-18-37-40(25-36)42(33-14-10-31-22-35(44-3)16-12-29(31)20-33)39-24-27-8-6-5-7-26(27)23-38(39)41(37)32-13-9-30-21-34(43-2)15-11-28(30)19-32/h5-25H,4H2,1-3H3. The predicted octanol–water partition coefficient (Wildman–Crippen LogP) is 10.8. The van der Waals surface area contributed by atoms with E-state index >= 15 is 0 Å². The number of nitrogens with zero attached hydrogens (tertiary/aromatic N) is 2. The molecule has 0 fully saturated rings. The van der Waals surface area contributed by atoms with Gasteiger partial charge in [0.25, 0.3) is 0 Å². The van der Waals surface area contributed by atoms with E-state index in [0.29, 0.717) is 6.61 Å². The summed E-state index contributed by atoms with van der Waals surface area (Å²) in [5, 5.41) is 6.93. The first-order chi connectivity index (χ1) is 22.1. The molecule has 5 nitrogen and oxygen atoms in total. The van der Waals surface area contributed by atoms with Crippen LogP contribution >= 0.6 is 0 Å². The molecule has 7 aromatic carbocycles. The molecule has 1 aliphatic heterocycles. The van der Waals surface area contributed by atoms with Gasteiger partial charge in [-0.3, -0.25) is 0 Å². The Labute approximate surface area is 262 Å². The van der Waals surface area contributed by atoms with Gasteiger partial charge in [-0.2, -0.15) is 0 Å². The maximum Gasteiger partial charge on any atom is 0.121 e. The van der Waals surface area contributed by atoms with Gasteiger partial charge in [0.05, 0.1) is 43.6 Å². The van der Waals surface area contributed by atoms with Gasteiger partial charge >= 0.3 is 0 Å². The minimum atomic E-state index is 0.593. The van der Waals surface area contributed by atoms with E-state index in [4.69, 9.17) is 14.2 Å². The van der Waals surface area contributed by atoms with Crippen molar-refractivity contribution in [2.75, 3.05) is 30.6 Å². The molecule has 0 N–H and O–H groups in total. The van der Waals surface area contributed by atoms with Crippen LogP contribution < -0.4 is 24.0 Å². The Morgan fingerprint density at radius 2 is 0.867 bits per heavy atom. The topological polar surface area (TPSA) is 34.2 Å². The second-order valence-electron chi connectivity index (χ2n) is 11.2. The van der Waals surface area contributed by atoms with Crippen LogP contribution in [0.5, 0.6) is 17.2 Å². The molecule has 0 atom stereocenters. The highest BCUT2D eigenvalue weighted by Gasteiger charge is 2.32. The summed E-state index contributed by atoms with van der Waals surface area (Å²) in [7, 11) is 3.41. The summed E-state index contributed by atoms with van der Waals surface area (Å²) >= 11 is 0. The number of methoxy groups -OCH3 is 2. The van der Waals surface area contributed by atoms with Crippen molar-refractivity contribution in [1.29, 1.82) is 0 Å². The van der Waals surface area contributed by atoms with E-state index in [0.717, 1.165) is 72.9 Å². The Morgan fingerprint density at radius 3 is 1.40 bits per heavy atom. The molecule has 0 saturated carbocycles. The summed E-state index contributed by atoms with van der Waals surface area (Å²) in [5.74, 6) is 2.53. The van der Waals surface area contributed by atoms with Crippen molar-refractivity contribution >= 4 is 66.4 Å². The van der Waals surface area contributed by atoms with Crippen LogP contribution in [0.1, 0.15) is 6.92 Å². The highest BCUT2D eigenvalue weighted by Crippen LogP contribution is 2.56. The van der Waals surface area contributed by atoms with Gasteiger partial charge < -0.3 is 24.0 Å². The Hall–Kier alpha value is -5.68. The Morgan fingerprint density at radius 1 is 0.422 bits per heavy atom. The van der Waals surface area contributed by atoms with Gasteiger partial charge in [0.15, 0.2) is 0 Å². The second-order valence-corrected chi connectivity index (χ2v) is 11.2. The third-order valence-corrected chi connectivity index (χ3v) is 8.64. The Bertz CT molecular complexity index is 2240. The van der Waals surface area contributed by atoms with Gasteiger partial charge in [0, 0.05) is 17.4 Å². The zero-order valence-corrected chi connectivity index (χ0v) is 25.5. The maximum absolute atomic E-state index is 6.06. The van der Waals surface area contributed by atoms with Crippen LogP contribution in [0.2, 0.25) is 0 Å². The van der Waals surface area contributed by atoms with E-state index in [1.165, 1.54) is 10.8 Å². The number of benzene rings is 7. The van der Waals surface area contributed by atoms with Gasteiger partial charge in [-0.25, -0.2) is 0 Å². The highest BCUT2D eigenvalue weighted by molar-refractivity contribution is 6.07. The van der Waals surface area contributed by atoms with Gasteiger partial charge in [-0.05, 0) is 112 Å². The van der Waals surface area contributed by atoms with Crippen LogP contribution in [0, 0.1) is 0 Å². The molecule has 0 amide bonds. The highest BCUT2D eigenvalue weighted by atomic mass is 16.5. The lowest BCUT2D eigenvalue weighted by Crippen LogP contribution is -2.24. The summed E-state index contributed by atoms with van der Waals surface area (Å²) in [6.45, 7) is 2.61. The third kappa shape index (κ3) is 4.56. The maximum atomic E-state index is 6.06. The van der Waals surface area contributed by atoms with Gasteiger partial charge in [-0.1, -0.05) is 48.5 Å². The van der Waals surface area contributed by atoms with Crippen LogP contribution in [0.15, 0.2) is 127 Å². The van der Waals surface area contributed by atoms with E-state index in [-0.39, 0.29) is 0 Å². The summed E-state index contributed by atoms with van der Waals surface area (Å²) in [6, 6.07) is 45.3. The fraction of sp³-hybridized carbons (Fsp3) is 0.100. The number of anilines is 6. The van der Waals surface area contributed by atoms with Crippen molar-refractivity contribution in [2.24, 2.45) is 0 Å². The zero-order valence-electron chi connectivity index (χ0n) is 25.5. The van der Waals surface area contributed by atoms with Crippen molar-refractivity contribution < 1.29 is 14.2 Å². The van der Waals surface area contributed by atoms with E-state index in [1.807, 2.05) is 19.1 Å². The average Bonchev–Trinajstić information content (AvgIpc) is 3.09. The van der Waals surface area contributed by atoms with Crippen LogP contribution in [0.3, 0.4) is 0 Å². The average molecular weight is 589 g/mol. The van der Waals surface area contributed by atoms with Crippen LogP contribution in [-0.4, -0.2) is 20.8 Å². The number of hydrogen-bond acceptors (Lipinski definition) is 5. The summed E-state index contributed by atoms with van der Waals surface area (Å²) in [4.78, 5) is 4.74.